The van der Waals surface area contributed by atoms with E-state index in [1.807, 2.05) is 61.5 Å². The van der Waals surface area contributed by atoms with Gasteiger partial charge in [-0.25, -0.2) is 4.98 Å². The van der Waals surface area contributed by atoms with E-state index in [4.69, 9.17) is 9.72 Å². The highest BCUT2D eigenvalue weighted by Gasteiger charge is 2.16. The predicted molar refractivity (Wildman–Crippen MR) is 148 cm³/mol. The van der Waals surface area contributed by atoms with Gasteiger partial charge in [0.15, 0.2) is 0 Å². The standard InChI is InChI=1S/C26H22Br3N3O2/c1-3-16(2)25-31-23-10-9-19(27)13-20(23)26(33)32(25)30-14-18-11-21(28)24(22(29)12-18)34-15-17-7-5-4-6-8-17/h4-14,16H,3,15H2,1-2H3/t16-/m0/s1. The zero-order valence-electron chi connectivity index (χ0n) is 18.6. The number of rotatable bonds is 7. The van der Waals surface area contributed by atoms with Gasteiger partial charge in [-0.1, -0.05) is 60.1 Å². The summed E-state index contributed by atoms with van der Waals surface area (Å²) in [6.45, 7) is 4.57. The van der Waals surface area contributed by atoms with Crippen molar-refractivity contribution in [2.45, 2.75) is 32.8 Å². The average Bonchev–Trinajstić information content (AvgIpc) is 2.83. The van der Waals surface area contributed by atoms with Crippen LogP contribution in [0.5, 0.6) is 5.75 Å². The van der Waals surface area contributed by atoms with Crippen molar-refractivity contribution in [3.63, 3.8) is 0 Å². The normalized spacial score (nSPS) is 12.4. The van der Waals surface area contributed by atoms with Crippen molar-refractivity contribution < 1.29 is 4.74 Å². The lowest BCUT2D eigenvalue weighted by atomic mass is 10.1. The molecule has 0 spiro atoms. The van der Waals surface area contributed by atoms with Gasteiger partial charge in [-0.05, 0) is 79.7 Å². The lowest BCUT2D eigenvalue weighted by molar-refractivity contribution is 0.302. The molecule has 1 heterocycles. The second-order valence-corrected chi connectivity index (χ2v) is 10.5. The first-order valence-electron chi connectivity index (χ1n) is 10.8. The molecule has 0 bridgehead atoms. The van der Waals surface area contributed by atoms with E-state index < -0.39 is 0 Å². The molecular weight excluding hydrogens is 626 g/mol. The van der Waals surface area contributed by atoms with Crippen molar-refractivity contribution in [2.75, 3.05) is 0 Å². The van der Waals surface area contributed by atoms with Crippen molar-refractivity contribution in [1.82, 2.24) is 9.66 Å². The number of fused-ring (bicyclic) bond motifs is 1. The summed E-state index contributed by atoms with van der Waals surface area (Å²) in [5.74, 6) is 1.42. The van der Waals surface area contributed by atoms with Crippen molar-refractivity contribution in [1.29, 1.82) is 0 Å². The van der Waals surface area contributed by atoms with Crippen LogP contribution in [0.3, 0.4) is 0 Å². The molecule has 0 saturated carbocycles. The summed E-state index contributed by atoms with van der Waals surface area (Å²) >= 11 is 10.6. The highest BCUT2D eigenvalue weighted by atomic mass is 79.9. The Morgan fingerprint density at radius 1 is 1.06 bits per heavy atom. The zero-order chi connectivity index (χ0) is 24.2. The molecule has 8 heteroatoms. The molecule has 0 N–H and O–H groups in total. The molecule has 0 amide bonds. The van der Waals surface area contributed by atoms with Gasteiger partial charge >= 0.3 is 0 Å². The van der Waals surface area contributed by atoms with E-state index in [9.17, 15) is 4.79 Å². The van der Waals surface area contributed by atoms with Crippen LogP contribution in [0.2, 0.25) is 0 Å². The van der Waals surface area contributed by atoms with Crippen LogP contribution in [0.25, 0.3) is 10.9 Å². The van der Waals surface area contributed by atoms with Gasteiger partial charge in [0.1, 0.15) is 18.2 Å². The van der Waals surface area contributed by atoms with E-state index in [2.05, 4.69) is 59.8 Å². The molecule has 3 aromatic carbocycles. The van der Waals surface area contributed by atoms with Crippen LogP contribution in [-0.2, 0) is 6.61 Å². The van der Waals surface area contributed by atoms with E-state index in [1.54, 1.807) is 12.3 Å². The van der Waals surface area contributed by atoms with Crippen LogP contribution in [0.1, 0.15) is 43.1 Å². The van der Waals surface area contributed by atoms with Crippen molar-refractivity contribution >= 4 is 64.9 Å². The van der Waals surface area contributed by atoms with Crippen LogP contribution in [0, 0.1) is 0 Å². The van der Waals surface area contributed by atoms with Gasteiger partial charge in [0, 0.05) is 10.4 Å². The lowest BCUT2D eigenvalue weighted by Gasteiger charge is -2.14. The molecule has 174 valence electrons. The summed E-state index contributed by atoms with van der Waals surface area (Å²) in [5.41, 5.74) is 2.36. The molecule has 1 atom stereocenters. The molecule has 0 aliphatic heterocycles. The summed E-state index contributed by atoms with van der Waals surface area (Å²) in [7, 11) is 0. The topological polar surface area (TPSA) is 56.5 Å². The first-order chi connectivity index (χ1) is 16.4. The van der Waals surface area contributed by atoms with Crippen molar-refractivity contribution in [3.05, 3.63) is 101 Å². The van der Waals surface area contributed by atoms with Crippen LogP contribution in [0.4, 0.5) is 0 Å². The first kappa shape index (κ1) is 24.8. The number of halogens is 3. The van der Waals surface area contributed by atoms with Crippen molar-refractivity contribution in [3.8, 4) is 5.75 Å². The molecule has 0 radical (unpaired) electrons. The van der Waals surface area contributed by atoms with Crippen LogP contribution in [0.15, 0.2) is 84.0 Å². The number of benzene rings is 3. The summed E-state index contributed by atoms with van der Waals surface area (Å²) in [5, 5.41) is 5.07. The number of nitrogens with zero attached hydrogens (tertiary/aromatic N) is 3. The number of aromatic nitrogens is 2. The predicted octanol–water partition coefficient (Wildman–Crippen LogP) is 7.66. The first-order valence-corrected chi connectivity index (χ1v) is 13.2. The molecule has 4 rings (SSSR count). The fraction of sp³-hybridized carbons (Fsp3) is 0.192. The monoisotopic (exact) mass is 645 g/mol. The molecule has 5 nitrogen and oxygen atoms in total. The van der Waals surface area contributed by atoms with Crippen molar-refractivity contribution in [2.24, 2.45) is 5.10 Å². The third kappa shape index (κ3) is 5.50. The molecule has 4 aromatic rings. The Labute approximate surface area is 223 Å². The summed E-state index contributed by atoms with van der Waals surface area (Å²) in [4.78, 5) is 18.1. The van der Waals surface area contributed by atoms with Gasteiger partial charge in [0.25, 0.3) is 5.56 Å². The largest absolute Gasteiger partial charge is 0.487 e. The molecule has 0 saturated heterocycles. The van der Waals surface area contributed by atoms with Gasteiger partial charge in [0.05, 0.1) is 26.1 Å². The average molecular weight is 648 g/mol. The molecule has 34 heavy (non-hydrogen) atoms. The SMILES string of the molecule is CC[C@H](C)c1nc2ccc(Br)cc2c(=O)n1N=Cc1cc(Br)c(OCc2ccccc2)c(Br)c1. The minimum absolute atomic E-state index is 0.0742. The molecule has 0 fully saturated rings. The van der Waals surface area contributed by atoms with E-state index in [-0.39, 0.29) is 11.5 Å². The maximum Gasteiger partial charge on any atom is 0.282 e. The maximum atomic E-state index is 13.3. The van der Waals surface area contributed by atoms with Gasteiger partial charge in [0.2, 0.25) is 0 Å². The quantitative estimate of drug-likeness (QED) is 0.194. The second kappa shape index (κ2) is 11.0. The van der Waals surface area contributed by atoms with E-state index >= 15 is 0 Å². The Morgan fingerprint density at radius 2 is 1.76 bits per heavy atom. The molecule has 0 unspecified atom stereocenters. The lowest BCUT2D eigenvalue weighted by Crippen LogP contribution is -2.23. The highest BCUT2D eigenvalue weighted by molar-refractivity contribution is 9.11. The Hall–Kier alpha value is -2.29. The second-order valence-electron chi connectivity index (χ2n) is 7.89. The number of ether oxygens (including phenoxy) is 1. The number of hydrogen-bond donors (Lipinski definition) is 0. The smallest absolute Gasteiger partial charge is 0.282 e. The molecule has 1 aromatic heterocycles. The Morgan fingerprint density at radius 3 is 2.44 bits per heavy atom. The van der Waals surface area contributed by atoms with Gasteiger partial charge < -0.3 is 4.74 Å². The minimum atomic E-state index is -0.196. The van der Waals surface area contributed by atoms with Gasteiger partial charge in [-0.2, -0.15) is 9.78 Å². The molecular formula is C26H22Br3N3O2. The number of hydrogen-bond acceptors (Lipinski definition) is 4. The Balaban J connectivity index is 1.68. The fourth-order valence-electron chi connectivity index (χ4n) is 3.43. The Kier molecular flexibility index (Phi) is 8.01. The van der Waals surface area contributed by atoms with E-state index in [0.717, 1.165) is 31.0 Å². The summed E-state index contributed by atoms with van der Waals surface area (Å²) < 4.78 is 9.81. The zero-order valence-corrected chi connectivity index (χ0v) is 23.4. The third-order valence-electron chi connectivity index (χ3n) is 5.46. The Bertz CT molecular complexity index is 1400. The maximum absolute atomic E-state index is 13.3. The van der Waals surface area contributed by atoms with Crippen LogP contribution in [-0.4, -0.2) is 15.9 Å². The fourth-order valence-corrected chi connectivity index (χ4v) is 5.24. The minimum Gasteiger partial charge on any atom is -0.487 e. The highest BCUT2D eigenvalue weighted by Crippen LogP contribution is 2.35. The van der Waals surface area contributed by atoms with Crippen LogP contribution >= 0.6 is 47.8 Å². The summed E-state index contributed by atoms with van der Waals surface area (Å²) in [6, 6.07) is 19.3. The third-order valence-corrected chi connectivity index (χ3v) is 7.13. The summed E-state index contributed by atoms with van der Waals surface area (Å²) in [6.07, 6.45) is 2.50. The van der Waals surface area contributed by atoms with Crippen LogP contribution < -0.4 is 10.3 Å². The van der Waals surface area contributed by atoms with E-state index in [1.165, 1.54) is 4.68 Å². The van der Waals surface area contributed by atoms with Gasteiger partial charge in [-0.3, -0.25) is 4.79 Å². The van der Waals surface area contributed by atoms with Gasteiger partial charge in [-0.15, -0.1) is 0 Å². The molecule has 0 aliphatic carbocycles. The molecule has 0 aliphatic rings. The van der Waals surface area contributed by atoms with E-state index in [0.29, 0.717) is 29.1 Å².